The lowest BCUT2D eigenvalue weighted by Gasteiger charge is -2.19. The Hall–Kier alpha value is -2.15. The quantitative estimate of drug-likeness (QED) is 0.514. The number of nitrogens with zero attached hydrogens (tertiary/aromatic N) is 2. The zero-order valence-corrected chi connectivity index (χ0v) is 15.9. The van der Waals surface area contributed by atoms with Gasteiger partial charge in [-0.3, -0.25) is 9.69 Å². The van der Waals surface area contributed by atoms with Crippen LogP contribution in [0.1, 0.15) is 64.6 Å². The molecular formula is C18H24N2O4S. The number of unbranched alkanes of at least 4 members (excludes halogenated alkanes) is 2. The molecule has 1 amide bonds. The summed E-state index contributed by atoms with van der Waals surface area (Å²) in [6.07, 6.45) is 4.42. The third-order valence-electron chi connectivity index (χ3n) is 3.76. The number of hydrogen-bond acceptors (Lipinski definition) is 6. The summed E-state index contributed by atoms with van der Waals surface area (Å²) in [7, 11) is 0. The molecular weight excluding hydrogens is 340 g/mol. The van der Waals surface area contributed by atoms with Crippen LogP contribution in [0.15, 0.2) is 16.7 Å². The minimum atomic E-state index is -0.404. The molecule has 2 aromatic rings. The molecule has 2 rings (SSSR count). The predicted molar refractivity (Wildman–Crippen MR) is 97.5 cm³/mol. The van der Waals surface area contributed by atoms with Crippen LogP contribution in [-0.4, -0.2) is 30.0 Å². The van der Waals surface area contributed by atoms with Crippen LogP contribution in [0, 0.1) is 13.8 Å². The lowest BCUT2D eigenvalue weighted by Crippen LogP contribution is -2.32. The Balaban J connectivity index is 2.32. The van der Waals surface area contributed by atoms with Gasteiger partial charge in [0.2, 0.25) is 0 Å². The number of furan rings is 1. The minimum absolute atomic E-state index is 0.234. The number of amides is 1. The van der Waals surface area contributed by atoms with E-state index in [0.29, 0.717) is 34.6 Å². The average Bonchev–Trinajstić information content (AvgIpc) is 3.17. The Bertz CT molecular complexity index is 735. The lowest BCUT2D eigenvalue weighted by molar-refractivity contribution is 0.0531. The first-order valence-electron chi connectivity index (χ1n) is 8.50. The fraction of sp³-hybridized carbons (Fsp3) is 0.500. The smallest absolute Gasteiger partial charge is 0.350 e. The summed E-state index contributed by atoms with van der Waals surface area (Å²) in [4.78, 5) is 31.4. The zero-order valence-electron chi connectivity index (χ0n) is 15.1. The normalized spacial score (nSPS) is 10.7. The van der Waals surface area contributed by atoms with E-state index in [1.165, 1.54) is 17.6 Å². The molecule has 0 fully saturated rings. The number of thiazole rings is 1. The van der Waals surface area contributed by atoms with E-state index in [1.807, 2.05) is 6.92 Å². The molecule has 0 saturated heterocycles. The third kappa shape index (κ3) is 4.48. The van der Waals surface area contributed by atoms with Crippen LogP contribution < -0.4 is 4.90 Å². The van der Waals surface area contributed by atoms with Gasteiger partial charge in [0.25, 0.3) is 5.91 Å². The number of anilines is 1. The van der Waals surface area contributed by atoms with Gasteiger partial charge in [0.15, 0.2) is 10.9 Å². The van der Waals surface area contributed by atoms with E-state index < -0.39 is 5.97 Å². The van der Waals surface area contributed by atoms with E-state index in [4.69, 9.17) is 9.15 Å². The van der Waals surface area contributed by atoms with Gasteiger partial charge < -0.3 is 9.15 Å². The Morgan fingerprint density at radius 1 is 1.28 bits per heavy atom. The van der Waals surface area contributed by atoms with Gasteiger partial charge in [0.05, 0.1) is 18.6 Å². The number of esters is 1. The van der Waals surface area contributed by atoms with Gasteiger partial charge in [-0.25, -0.2) is 9.78 Å². The van der Waals surface area contributed by atoms with Crippen LogP contribution in [0.2, 0.25) is 0 Å². The first-order chi connectivity index (χ1) is 12.0. The van der Waals surface area contributed by atoms with Crippen LogP contribution >= 0.6 is 11.3 Å². The van der Waals surface area contributed by atoms with Crippen molar-refractivity contribution in [1.29, 1.82) is 0 Å². The van der Waals surface area contributed by atoms with Gasteiger partial charge in [-0.1, -0.05) is 31.1 Å². The topological polar surface area (TPSA) is 72.6 Å². The predicted octanol–water partition coefficient (Wildman–Crippen LogP) is 4.37. The molecule has 0 atom stereocenters. The fourth-order valence-electron chi connectivity index (χ4n) is 2.40. The van der Waals surface area contributed by atoms with Gasteiger partial charge in [-0.15, -0.1) is 0 Å². The molecule has 2 aromatic heterocycles. The molecule has 2 heterocycles. The molecule has 0 bridgehead atoms. The van der Waals surface area contributed by atoms with Crippen molar-refractivity contribution in [3.05, 3.63) is 34.2 Å². The maximum absolute atomic E-state index is 12.9. The largest absolute Gasteiger partial charge is 0.462 e. The SMILES string of the molecule is CCCCCN(C(=O)c1occc1C)c1nc(C)c(C(=O)OCC)s1. The van der Waals surface area contributed by atoms with Crippen molar-refractivity contribution in [1.82, 2.24) is 4.98 Å². The summed E-state index contributed by atoms with van der Waals surface area (Å²) in [5, 5.41) is 0.498. The third-order valence-corrected chi connectivity index (χ3v) is 4.92. The van der Waals surface area contributed by atoms with Crippen molar-refractivity contribution in [2.24, 2.45) is 0 Å². The van der Waals surface area contributed by atoms with E-state index in [9.17, 15) is 9.59 Å². The van der Waals surface area contributed by atoms with Crippen LogP contribution in [0.3, 0.4) is 0 Å². The van der Waals surface area contributed by atoms with Gasteiger partial charge in [0.1, 0.15) is 4.88 Å². The van der Waals surface area contributed by atoms with Crippen molar-refractivity contribution in [3.63, 3.8) is 0 Å². The highest BCUT2D eigenvalue weighted by molar-refractivity contribution is 7.17. The molecule has 136 valence electrons. The monoisotopic (exact) mass is 364 g/mol. The zero-order chi connectivity index (χ0) is 18.4. The molecule has 0 unspecified atom stereocenters. The summed E-state index contributed by atoms with van der Waals surface area (Å²) in [5.41, 5.74) is 1.35. The van der Waals surface area contributed by atoms with Gasteiger partial charge >= 0.3 is 5.97 Å². The number of carbonyl (C=O) groups is 2. The van der Waals surface area contributed by atoms with Crippen molar-refractivity contribution in [3.8, 4) is 0 Å². The van der Waals surface area contributed by atoms with Crippen LogP contribution in [0.4, 0.5) is 5.13 Å². The van der Waals surface area contributed by atoms with Crippen LogP contribution in [0.25, 0.3) is 0 Å². The first kappa shape index (κ1) is 19.2. The maximum Gasteiger partial charge on any atom is 0.350 e. The van der Waals surface area contributed by atoms with Gasteiger partial charge in [-0.05, 0) is 33.3 Å². The molecule has 0 aliphatic heterocycles. The fourth-order valence-corrected chi connectivity index (χ4v) is 3.39. The van der Waals surface area contributed by atoms with Crippen molar-refractivity contribution in [2.45, 2.75) is 47.0 Å². The summed E-state index contributed by atoms with van der Waals surface area (Å²) in [6.45, 7) is 8.28. The molecule has 7 heteroatoms. The molecule has 0 radical (unpaired) electrons. The molecule has 6 nitrogen and oxygen atoms in total. The summed E-state index contributed by atoms with van der Waals surface area (Å²) >= 11 is 1.18. The molecule has 0 aliphatic carbocycles. The molecule has 25 heavy (non-hydrogen) atoms. The van der Waals surface area contributed by atoms with Crippen LogP contribution in [-0.2, 0) is 4.74 Å². The van der Waals surface area contributed by atoms with E-state index in [2.05, 4.69) is 11.9 Å². The molecule has 0 spiro atoms. The van der Waals surface area contributed by atoms with Crippen molar-refractivity contribution >= 4 is 28.3 Å². The highest BCUT2D eigenvalue weighted by Crippen LogP contribution is 2.29. The highest BCUT2D eigenvalue weighted by atomic mass is 32.1. The average molecular weight is 364 g/mol. The van der Waals surface area contributed by atoms with E-state index in [-0.39, 0.29) is 5.91 Å². The van der Waals surface area contributed by atoms with Crippen molar-refractivity contribution in [2.75, 3.05) is 18.1 Å². The summed E-state index contributed by atoms with van der Waals surface area (Å²) in [6, 6.07) is 1.76. The lowest BCUT2D eigenvalue weighted by atomic mass is 10.2. The molecule has 0 aliphatic rings. The number of aromatic nitrogens is 1. The molecule has 0 N–H and O–H groups in total. The Morgan fingerprint density at radius 3 is 2.64 bits per heavy atom. The van der Waals surface area contributed by atoms with Crippen molar-refractivity contribution < 1.29 is 18.7 Å². The second-order valence-corrected chi connectivity index (χ2v) is 6.71. The maximum atomic E-state index is 12.9. The Kier molecular flexibility index (Phi) is 6.75. The minimum Gasteiger partial charge on any atom is -0.462 e. The van der Waals surface area contributed by atoms with E-state index in [1.54, 1.807) is 24.8 Å². The van der Waals surface area contributed by atoms with Gasteiger partial charge in [-0.2, -0.15) is 0 Å². The molecule has 0 aromatic carbocycles. The standard InChI is InChI=1S/C18H24N2O4S/c1-5-7-8-10-20(16(21)14-12(3)9-11-24-14)18-19-13(4)15(25-18)17(22)23-6-2/h9,11H,5-8,10H2,1-4H3. The number of hydrogen-bond donors (Lipinski definition) is 0. The number of carbonyl (C=O) groups excluding carboxylic acids is 2. The summed E-state index contributed by atoms with van der Waals surface area (Å²) < 4.78 is 10.4. The summed E-state index contributed by atoms with van der Waals surface area (Å²) in [5.74, 6) is -0.330. The molecule has 0 saturated carbocycles. The number of ether oxygens (including phenoxy) is 1. The second-order valence-electron chi connectivity index (χ2n) is 5.73. The number of rotatable bonds is 8. The Labute approximate surface area is 151 Å². The number of aryl methyl sites for hydroxylation is 2. The second kappa shape index (κ2) is 8.80. The van der Waals surface area contributed by atoms with E-state index >= 15 is 0 Å². The first-order valence-corrected chi connectivity index (χ1v) is 9.31. The Morgan fingerprint density at radius 2 is 2.04 bits per heavy atom. The van der Waals surface area contributed by atoms with Gasteiger partial charge in [0, 0.05) is 12.1 Å². The van der Waals surface area contributed by atoms with Crippen LogP contribution in [0.5, 0.6) is 0 Å². The highest BCUT2D eigenvalue weighted by Gasteiger charge is 2.27. The van der Waals surface area contributed by atoms with E-state index in [0.717, 1.165) is 24.8 Å².